The fraction of sp³-hybridized carbons (Fsp3) is 0. The van der Waals surface area contributed by atoms with Crippen molar-refractivity contribution in [2.45, 2.75) is 0 Å². The summed E-state index contributed by atoms with van der Waals surface area (Å²) in [4.78, 5) is 0. The number of nitrogens with two attached hydrogens (primary N) is 1. The summed E-state index contributed by atoms with van der Waals surface area (Å²) >= 11 is 0. The summed E-state index contributed by atoms with van der Waals surface area (Å²) in [7, 11) is 0. The lowest BCUT2D eigenvalue weighted by molar-refractivity contribution is 0.671. The summed E-state index contributed by atoms with van der Waals surface area (Å²) in [6, 6.07) is 7.44. The van der Waals surface area contributed by atoms with Gasteiger partial charge in [0.2, 0.25) is 0 Å². The molecule has 1 nitrogen and oxygen atoms in total. The molecular formula is C14H14FN. The molecule has 82 valence electrons. The van der Waals surface area contributed by atoms with Crippen molar-refractivity contribution in [2.24, 2.45) is 0 Å². The van der Waals surface area contributed by atoms with Crippen molar-refractivity contribution >= 4 is 11.8 Å². The molecule has 0 spiro atoms. The Labute approximate surface area is 95.1 Å². The van der Waals surface area contributed by atoms with Gasteiger partial charge in [-0.3, -0.25) is 0 Å². The van der Waals surface area contributed by atoms with E-state index in [1.165, 1.54) is 6.08 Å². The zero-order chi connectivity index (χ0) is 12.0. The van der Waals surface area contributed by atoms with Crippen LogP contribution in [0.4, 0.5) is 10.1 Å². The third-order valence-electron chi connectivity index (χ3n) is 1.90. The van der Waals surface area contributed by atoms with E-state index in [2.05, 4.69) is 13.2 Å². The minimum absolute atomic E-state index is 0.484. The van der Waals surface area contributed by atoms with Crippen LogP contribution in [0.3, 0.4) is 0 Å². The third-order valence-corrected chi connectivity index (χ3v) is 1.90. The van der Waals surface area contributed by atoms with E-state index in [-0.39, 0.29) is 0 Å². The van der Waals surface area contributed by atoms with Crippen LogP contribution in [0.15, 0.2) is 67.1 Å². The molecular weight excluding hydrogens is 201 g/mol. The molecule has 0 unspecified atom stereocenters. The maximum absolute atomic E-state index is 12.3. The number of hydrogen-bond acceptors (Lipinski definition) is 1. The van der Waals surface area contributed by atoms with Gasteiger partial charge in [0.1, 0.15) is 5.83 Å². The lowest BCUT2D eigenvalue weighted by Crippen LogP contribution is -1.82. The summed E-state index contributed by atoms with van der Waals surface area (Å²) < 4.78 is 12.3. The Morgan fingerprint density at radius 3 is 2.25 bits per heavy atom. The number of allylic oxidation sites excluding steroid dienone is 5. The molecule has 0 radical (unpaired) electrons. The van der Waals surface area contributed by atoms with Gasteiger partial charge in [-0.25, -0.2) is 4.39 Å². The SMILES string of the molecule is C=C(F)/C=C\C(=C)/C=C/c1ccc(N)cc1. The maximum atomic E-state index is 12.3. The zero-order valence-electron chi connectivity index (χ0n) is 8.99. The van der Waals surface area contributed by atoms with Crippen molar-refractivity contribution in [3.63, 3.8) is 0 Å². The Morgan fingerprint density at radius 2 is 1.69 bits per heavy atom. The van der Waals surface area contributed by atoms with E-state index in [4.69, 9.17) is 5.73 Å². The van der Waals surface area contributed by atoms with Crippen molar-refractivity contribution in [1.29, 1.82) is 0 Å². The minimum Gasteiger partial charge on any atom is -0.399 e. The number of hydrogen-bond donors (Lipinski definition) is 1. The Hall–Kier alpha value is -2.09. The highest BCUT2D eigenvalue weighted by atomic mass is 19.1. The van der Waals surface area contributed by atoms with E-state index in [0.717, 1.165) is 11.3 Å². The third kappa shape index (κ3) is 4.42. The van der Waals surface area contributed by atoms with E-state index in [1.54, 1.807) is 12.2 Å². The summed E-state index contributed by atoms with van der Waals surface area (Å²) in [5.41, 5.74) is 8.01. The largest absolute Gasteiger partial charge is 0.399 e. The van der Waals surface area contributed by atoms with E-state index < -0.39 is 5.83 Å². The van der Waals surface area contributed by atoms with E-state index >= 15 is 0 Å². The molecule has 0 saturated carbocycles. The van der Waals surface area contributed by atoms with Crippen LogP contribution < -0.4 is 5.73 Å². The molecule has 0 aliphatic heterocycles. The molecule has 1 rings (SSSR count). The first kappa shape index (κ1) is 12.0. The van der Waals surface area contributed by atoms with Crippen molar-refractivity contribution < 1.29 is 4.39 Å². The van der Waals surface area contributed by atoms with Crippen molar-refractivity contribution in [3.05, 3.63) is 72.6 Å². The van der Waals surface area contributed by atoms with Crippen LogP contribution in [-0.2, 0) is 0 Å². The highest BCUT2D eigenvalue weighted by Crippen LogP contribution is 2.09. The van der Waals surface area contributed by atoms with Gasteiger partial charge in [0.05, 0.1) is 0 Å². The van der Waals surface area contributed by atoms with Crippen molar-refractivity contribution in [1.82, 2.24) is 0 Å². The molecule has 0 saturated heterocycles. The summed E-state index contributed by atoms with van der Waals surface area (Å²) in [6.07, 6.45) is 6.52. The quantitative estimate of drug-likeness (QED) is 0.598. The first-order chi connectivity index (χ1) is 7.58. The monoisotopic (exact) mass is 215 g/mol. The van der Waals surface area contributed by atoms with Crippen LogP contribution in [-0.4, -0.2) is 0 Å². The second-order valence-corrected chi connectivity index (χ2v) is 3.36. The van der Waals surface area contributed by atoms with Gasteiger partial charge in [0.25, 0.3) is 0 Å². The van der Waals surface area contributed by atoms with Gasteiger partial charge >= 0.3 is 0 Å². The maximum Gasteiger partial charge on any atom is 0.116 e. The number of halogens is 1. The molecule has 0 aliphatic rings. The Bertz CT molecular complexity index is 438. The standard InChI is InChI=1S/C14H14FN/c1-11(3-5-12(2)15)4-6-13-7-9-14(16)10-8-13/h3-10H,1-2,16H2/b5-3-,6-4+. The van der Waals surface area contributed by atoms with E-state index in [1.807, 2.05) is 30.3 Å². The van der Waals surface area contributed by atoms with Gasteiger partial charge in [-0.2, -0.15) is 0 Å². The van der Waals surface area contributed by atoms with Gasteiger partial charge in [0.15, 0.2) is 0 Å². The van der Waals surface area contributed by atoms with Gasteiger partial charge in [-0.1, -0.05) is 43.5 Å². The topological polar surface area (TPSA) is 26.0 Å². The molecule has 0 heterocycles. The Balaban J connectivity index is 2.63. The first-order valence-corrected chi connectivity index (χ1v) is 4.83. The van der Waals surface area contributed by atoms with E-state index in [0.29, 0.717) is 5.57 Å². The molecule has 2 N–H and O–H groups in total. The number of nitrogen functional groups attached to an aromatic ring is 1. The Morgan fingerprint density at radius 1 is 1.06 bits per heavy atom. The van der Waals surface area contributed by atoms with Crippen molar-refractivity contribution in [3.8, 4) is 0 Å². The number of anilines is 1. The predicted octanol–water partition coefficient (Wildman–Crippen LogP) is 3.88. The van der Waals surface area contributed by atoms with Crippen LogP contribution in [0.1, 0.15) is 5.56 Å². The summed E-state index contributed by atoms with van der Waals surface area (Å²) in [6.45, 7) is 6.88. The highest BCUT2D eigenvalue weighted by Gasteiger charge is 1.87. The molecule has 1 aromatic rings. The number of benzene rings is 1. The van der Waals surface area contributed by atoms with Crippen LogP contribution in [0.25, 0.3) is 6.08 Å². The molecule has 0 atom stereocenters. The van der Waals surface area contributed by atoms with Crippen molar-refractivity contribution in [2.75, 3.05) is 5.73 Å². The summed E-state index contributed by atoms with van der Waals surface area (Å²) in [5, 5.41) is 0. The second kappa shape index (κ2) is 5.71. The molecule has 2 heteroatoms. The fourth-order valence-corrected chi connectivity index (χ4v) is 1.06. The molecule has 0 fully saturated rings. The van der Waals surface area contributed by atoms with Crippen LogP contribution >= 0.6 is 0 Å². The molecule has 0 aliphatic carbocycles. The average Bonchev–Trinajstić information content (AvgIpc) is 2.25. The average molecular weight is 215 g/mol. The summed E-state index contributed by atoms with van der Waals surface area (Å²) in [5.74, 6) is -0.484. The molecule has 1 aromatic carbocycles. The molecule has 0 amide bonds. The lowest BCUT2D eigenvalue weighted by Gasteiger charge is -1.95. The lowest BCUT2D eigenvalue weighted by atomic mass is 10.1. The van der Waals surface area contributed by atoms with Gasteiger partial charge in [-0.15, -0.1) is 0 Å². The zero-order valence-corrected chi connectivity index (χ0v) is 8.99. The Kier molecular flexibility index (Phi) is 4.28. The normalized spacial score (nSPS) is 11.1. The van der Waals surface area contributed by atoms with E-state index in [9.17, 15) is 4.39 Å². The van der Waals surface area contributed by atoms with Gasteiger partial charge < -0.3 is 5.73 Å². The molecule has 16 heavy (non-hydrogen) atoms. The van der Waals surface area contributed by atoms with Crippen LogP contribution in [0.5, 0.6) is 0 Å². The first-order valence-electron chi connectivity index (χ1n) is 4.83. The fourth-order valence-electron chi connectivity index (χ4n) is 1.06. The van der Waals surface area contributed by atoms with Gasteiger partial charge in [-0.05, 0) is 29.3 Å². The molecule has 0 bridgehead atoms. The van der Waals surface area contributed by atoms with Gasteiger partial charge in [0, 0.05) is 5.69 Å². The highest BCUT2D eigenvalue weighted by molar-refractivity contribution is 5.56. The second-order valence-electron chi connectivity index (χ2n) is 3.36. The minimum atomic E-state index is -0.484. The molecule has 0 aromatic heterocycles. The van der Waals surface area contributed by atoms with Crippen LogP contribution in [0.2, 0.25) is 0 Å². The number of rotatable bonds is 4. The predicted molar refractivity (Wildman–Crippen MR) is 68.4 cm³/mol. The van der Waals surface area contributed by atoms with Crippen LogP contribution in [0, 0.1) is 0 Å². The smallest absolute Gasteiger partial charge is 0.116 e.